The summed E-state index contributed by atoms with van der Waals surface area (Å²) in [6, 6.07) is 11.7. The fourth-order valence-electron chi connectivity index (χ4n) is 2.93. The molecule has 0 radical (unpaired) electrons. The monoisotopic (exact) mass is 441 g/mol. The van der Waals surface area contributed by atoms with Crippen LogP contribution in [0.1, 0.15) is 31.1 Å². The molecule has 0 aliphatic rings. The number of nitrogens with zero attached hydrogens (tertiary/aromatic N) is 3. The van der Waals surface area contributed by atoms with Gasteiger partial charge in [-0.25, -0.2) is 13.8 Å². The molecule has 31 heavy (non-hydrogen) atoms. The third-order valence-corrected chi connectivity index (χ3v) is 5.63. The largest absolute Gasteiger partial charge is 0.335 e. The van der Waals surface area contributed by atoms with Crippen molar-refractivity contribution in [1.82, 2.24) is 9.88 Å². The number of thiazole rings is 1. The van der Waals surface area contributed by atoms with E-state index in [0.717, 1.165) is 5.56 Å². The average molecular weight is 442 g/mol. The minimum absolute atomic E-state index is 0.115. The Labute approximate surface area is 183 Å². The first-order chi connectivity index (χ1) is 14.8. The lowest BCUT2D eigenvalue weighted by Gasteiger charge is -2.24. The Morgan fingerprint density at radius 1 is 1.10 bits per heavy atom. The molecule has 160 valence electrons. The fraction of sp³-hybridized carbons (Fsp3) is 0.174. The highest BCUT2D eigenvalue weighted by Crippen LogP contribution is 2.31. The summed E-state index contributed by atoms with van der Waals surface area (Å²) < 4.78 is 27.3. The van der Waals surface area contributed by atoms with Gasteiger partial charge in [0.2, 0.25) is 11.8 Å². The van der Waals surface area contributed by atoms with Gasteiger partial charge in [0.1, 0.15) is 11.6 Å². The Kier molecular flexibility index (Phi) is 6.91. The average Bonchev–Trinajstić information content (AvgIpc) is 3.21. The first kappa shape index (κ1) is 22.3. The van der Waals surface area contributed by atoms with E-state index in [1.807, 2.05) is 6.92 Å². The molecule has 0 saturated carbocycles. The number of likely N-dealkylation sites (N-methyl/N-ethyl adjacent to an activating group) is 1. The number of carbonyl (C=O) groups excluding carboxylic acids is 2. The summed E-state index contributed by atoms with van der Waals surface area (Å²) in [4.78, 5) is 31.7. The minimum atomic E-state index is -0.531. The van der Waals surface area contributed by atoms with E-state index in [-0.39, 0.29) is 29.4 Å². The van der Waals surface area contributed by atoms with E-state index in [1.165, 1.54) is 64.5 Å². The van der Waals surface area contributed by atoms with Gasteiger partial charge in [0.05, 0.1) is 17.4 Å². The molecule has 0 aliphatic carbocycles. The molecule has 5 nitrogen and oxygen atoms in total. The normalized spacial score (nSPS) is 12.0. The highest BCUT2D eigenvalue weighted by atomic mass is 32.1. The maximum absolute atomic E-state index is 14.2. The van der Waals surface area contributed by atoms with Gasteiger partial charge in [-0.05, 0) is 42.8 Å². The lowest BCUT2D eigenvalue weighted by Crippen LogP contribution is -2.27. The van der Waals surface area contributed by atoms with Gasteiger partial charge in [0.15, 0.2) is 5.13 Å². The first-order valence-electron chi connectivity index (χ1n) is 9.49. The van der Waals surface area contributed by atoms with Gasteiger partial charge in [-0.2, -0.15) is 0 Å². The second kappa shape index (κ2) is 9.61. The number of anilines is 2. The lowest BCUT2D eigenvalue weighted by molar-refractivity contribution is -0.126. The topological polar surface area (TPSA) is 53.5 Å². The van der Waals surface area contributed by atoms with Crippen LogP contribution in [0.5, 0.6) is 0 Å². The van der Waals surface area contributed by atoms with Crippen molar-refractivity contribution in [2.75, 3.05) is 11.9 Å². The van der Waals surface area contributed by atoms with Crippen LogP contribution in [0.2, 0.25) is 0 Å². The highest BCUT2D eigenvalue weighted by Gasteiger charge is 2.21. The number of aromatic nitrogens is 1. The van der Waals surface area contributed by atoms with Crippen LogP contribution in [0, 0.1) is 11.6 Å². The number of rotatable bonds is 6. The molecule has 0 aliphatic heterocycles. The van der Waals surface area contributed by atoms with E-state index in [0.29, 0.717) is 10.8 Å². The smallest absolute Gasteiger partial charge is 0.246 e. The molecule has 1 heterocycles. The summed E-state index contributed by atoms with van der Waals surface area (Å²) in [5.74, 6) is -1.50. The zero-order chi connectivity index (χ0) is 22.5. The summed E-state index contributed by atoms with van der Waals surface area (Å²) in [5, 5.41) is 1.98. The predicted molar refractivity (Wildman–Crippen MR) is 118 cm³/mol. The number of carbonyl (C=O) groups is 2. The number of hydrogen-bond acceptors (Lipinski definition) is 4. The molecule has 0 saturated heterocycles. The van der Waals surface area contributed by atoms with E-state index in [2.05, 4.69) is 4.98 Å². The second-order valence-electron chi connectivity index (χ2n) is 6.87. The van der Waals surface area contributed by atoms with Crippen molar-refractivity contribution in [2.24, 2.45) is 0 Å². The molecule has 0 fully saturated rings. The van der Waals surface area contributed by atoms with Crippen molar-refractivity contribution in [3.63, 3.8) is 0 Å². The number of halogens is 2. The highest BCUT2D eigenvalue weighted by molar-refractivity contribution is 7.14. The Morgan fingerprint density at radius 2 is 1.77 bits per heavy atom. The molecule has 3 rings (SSSR count). The van der Waals surface area contributed by atoms with Crippen molar-refractivity contribution in [2.45, 2.75) is 19.9 Å². The Hall–Kier alpha value is -3.39. The third-order valence-electron chi connectivity index (χ3n) is 4.79. The van der Waals surface area contributed by atoms with Crippen molar-refractivity contribution in [1.29, 1.82) is 0 Å². The Bertz CT molecular complexity index is 1110. The first-order valence-corrected chi connectivity index (χ1v) is 10.4. The molecular weight excluding hydrogens is 420 g/mol. The lowest BCUT2D eigenvalue weighted by atomic mass is 10.1. The number of hydrogen-bond donors (Lipinski definition) is 0. The molecule has 8 heteroatoms. The molecule has 1 unspecified atom stereocenters. The van der Waals surface area contributed by atoms with Crippen molar-refractivity contribution in [3.05, 3.63) is 82.9 Å². The third kappa shape index (κ3) is 5.21. The second-order valence-corrected chi connectivity index (χ2v) is 7.71. The van der Waals surface area contributed by atoms with Crippen LogP contribution in [0.4, 0.5) is 19.6 Å². The molecule has 0 bridgehead atoms. The number of para-hydroxylation sites is 1. The van der Waals surface area contributed by atoms with Crippen LogP contribution in [0.3, 0.4) is 0 Å². The van der Waals surface area contributed by atoms with E-state index in [4.69, 9.17) is 0 Å². The zero-order valence-electron chi connectivity index (χ0n) is 17.3. The quantitative estimate of drug-likeness (QED) is 0.485. The van der Waals surface area contributed by atoms with E-state index in [9.17, 15) is 18.4 Å². The molecule has 2 amide bonds. The van der Waals surface area contributed by atoms with Crippen LogP contribution in [0.15, 0.2) is 60.0 Å². The van der Waals surface area contributed by atoms with Gasteiger partial charge in [-0.15, -0.1) is 11.3 Å². The van der Waals surface area contributed by atoms with Crippen molar-refractivity contribution >= 4 is 40.0 Å². The Balaban J connectivity index is 1.75. The van der Waals surface area contributed by atoms with Crippen LogP contribution in [0.25, 0.3) is 6.08 Å². The molecule has 1 atom stereocenters. The maximum atomic E-state index is 14.2. The maximum Gasteiger partial charge on any atom is 0.246 e. The molecule has 3 aromatic rings. The van der Waals surface area contributed by atoms with Crippen molar-refractivity contribution < 1.29 is 18.4 Å². The minimum Gasteiger partial charge on any atom is -0.335 e. The van der Waals surface area contributed by atoms with Gasteiger partial charge in [0, 0.05) is 25.4 Å². The van der Waals surface area contributed by atoms with E-state index >= 15 is 0 Å². The van der Waals surface area contributed by atoms with Gasteiger partial charge < -0.3 is 4.90 Å². The molecule has 0 N–H and O–H groups in total. The Morgan fingerprint density at radius 3 is 2.42 bits per heavy atom. The van der Waals surface area contributed by atoms with Crippen LogP contribution < -0.4 is 4.90 Å². The molecule has 2 aromatic carbocycles. The summed E-state index contributed by atoms with van der Waals surface area (Å²) >= 11 is 1.17. The standard InChI is InChI=1S/C23H21F2N3O2S/c1-15(17-8-10-18(24)11-9-17)27(3)22(30)13-12-19-14-31-23(26-19)28(16(2)29)21-7-5-4-6-20(21)25/h4-15H,1-3H3/b13-12+. The molecule has 1 aromatic heterocycles. The predicted octanol–water partition coefficient (Wildman–Crippen LogP) is 5.34. The van der Waals surface area contributed by atoms with Gasteiger partial charge in [-0.1, -0.05) is 24.3 Å². The summed E-state index contributed by atoms with van der Waals surface area (Å²) in [5.41, 5.74) is 1.39. The van der Waals surface area contributed by atoms with Crippen LogP contribution in [-0.4, -0.2) is 28.7 Å². The van der Waals surface area contributed by atoms with Crippen molar-refractivity contribution in [3.8, 4) is 0 Å². The fourth-order valence-corrected chi connectivity index (χ4v) is 3.77. The van der Waals surface area contributed by atoms with Crippen LogP contribution >= 0.6 is 11.3 Å². The summed E-state index contributed by atoms with van der Waals surface area (Å²) in [6.07, 6.45) is 2.91. The number of amides is 2. The molecule has 0 spiro atoms. The van der Waals surface area contributed by atoms with E-state index < -0.39 is 5.82 Å². The number of benzene rings is 2. The van der Waals surface area contributed by atoms with E-state index in [1.54, 1.807) is 36.7 Å². The SMILES string of the molecule is CC(=O)N(c1nc(/C=C/C(=O)N(C)C(C)c2ccc(F)cc2)cs1)c1ccccc1F. The van der Waals surface area contributed by atoms with Crippen LogP contribution in [-0.2, 0) is 9.59 Å². The van der Waals surface area contributed by atoms with Gasteiger partial charge in [-0.3, -0.25) is 14.5 Å². The van der Waals surface area contributed by atoms with Gasteiger partial charge in [0.25, 0.3) is 0 Å². The molecular formula is C23H21F2N3O2S. The van der Waals surface area contributed by atoms with Gasteiger partial charge >= 0.3 is 0 Å². The summed E-state index contributed by atoms with van der Waals surface area (Å²) in [7, 11) is 1.66. The summed E-state index contributed by atoms with van der Waals surface area (Å²) in [6.45, 7) is 3.18. The zero-order valence-corrected chi connectivity index (χ0v) is 18.1.